The molecular formula is C15H14ClF2IN2. The zero-order valence-corrected chi connectivity index (χ0v) is 14.8. The number of hydrogen-bond donors (Lipinski definition) is 0. The lowest BCUT2D eigenvalue weighted by molar-refractivity contribution is 0.557. The summed E-state index contributed by atoms with van der Waals surface area (Å²) in [4.78, 5) is 8.71. The summed E-state index contributed by atoms with van der Waals surface area (Å²) in [7, 11) is 0. The van der Waals surface area contributed by atoms with Gasteiger partial charge in [-0.1, -0.05) is 32.4 Å². The molecular weight excluding hydrogens is 409 g/mol. The van der Waals surface area contributed by atoms with Gasteiger partial charge < -0.3 is 0 Å². The van der Waals surface area contributed by atoms with E-state index in [1.54, 1.807) is 0 Å². The van der Waals surface area contributed by atoms with Crippen LogP contribution < -0.4 is 0 Å². The van der Waals surface area contributed by atoms with Gasteiger partial charge in [-0.2, -0.15) is 0 Å². The van der Waals surface area contributed by atoms with Crippen LogP contribution >= 0.6 is 34.2 Å². The highest BCUT2D eigenvalue weighted by atomic mass is 127. The normalized spacial score (nSPS) is 11.8. The fraction of sp³-hybridized carbons (Fsp3) is 0.333. The molecule has 112 valence electrons. The molecule has 0 aliphatic heterocycles. The Hall–Kier alpha value is -0.820. The highest BCUT2D eigenvalue weighted by Gasteiger charge is 2.22. The van der Waals surface area contributed by atoms with E-state index in [0.29, 0.717) is 16.5 Å². The molecule has 21 heavy (non-hydrogen) atoms. The molecule has 0 aliphatic rings. The zero-order chi connectivity index (χ0) is 15.8. The molecule has 0 fully saturated rings. The Morgan fingerprint density at radius 3 is 2.19 bits per heavy atom. The van der Waals surface area contributed by atoms with Crippen molar-refractivity contribution in [2.75, 3.05) is 0 Å². The molecule has 2 aromatic rings. The van der Waals surface area contributed by atoms with Crippen LogP contribution in [-0.2, 0) is 11.8 Å². The highest BCUT2D eigenvalue weighted by molar-refractivity contribution is 14.1. The lowest BCUT2D eigenvalue weighted by Crippen LogP contribution is -2.18. The summed E-state index contributed by atoms with van der Waals surface area (Å²) in [6, 6.07) is 3.38. The van der Waals surface area contributed by atoms with Crippen molar-refractivity contribution in [1.29, 1.82) is 0 Å². The van der Waals surface area contributed by atoms with Gasteiger partial charge in [0.15, 0.2) is 0 Å². The summed E-state index contributed by atoms with van der Waals surface area (Å²) in [6.07, 6.45) is 0.231. The van der Waals surface area contributed by atoms with E-state index in [9.17, 15) is 8.78 Å². The maximum Gasteiger partial charge on any atom is 0.146 e. The monoisotopic (exact) mass is 422 g/mol. The van der Waals surface area contributed by atoms with Crippen molar-refractivity contribution in [2.45, 2.75) is 32.6 Å². The minimum atomic E-state index is -0.613. The van der Waals surface area contributed by atoms with E-state index < -0.39 is 11.6 Å². The molecule has 2 nitrogen and oxygen atoms in total. The molecule has 0 amide bonds. The van der Waals surface area contributed by atoms with Crippen molar-refractivity contribution in [3.63, 3.8) is 0 Å². The SMILES string of the molecule is CC(C)(C)c1nc(Cc2cc(F)cc(F)c2)nc(Cl)c1I. The van der Waals surface area contributed by atoms with E-state index >= 15 is 0 Å². The van der Waals surface area contributed by atoms with Crippen LogP contribution in [0.15, 0.2) is 18.2 Å². The number of benzene rings is 1. The van der Waals surface area contributed by atoms with Gasteiger partial charge in [-0.25, -0.2) is 18.7 Å². The van der Waals surface area contributed by atoms with Crippen LogP contribution in [0, 0.1) is 15.2 Å². The van der Waals surface area contributed by atoms with Crippen LogP contribution in [0.5, 0.6) is 0 Å². The molecule has 1 aromatic heterocycles. The van der Waals surface area contributed by atoms with Crippen molar-refractivity contribution in [2.24, 2.45) is 0 Å². The van der Waals surface area contributed by atoms with Crippen molar-refractivity contribution < 1.29 is 8.78 Å². The Kier molecular flexibility index (Phi) is 4.82. The number of halogens is 4. The highest BCUT2D eigenvalue weighted by Crippen LogP contribution is 2.29. The predicted octanol–water partition coefficient (Wildman–Crippen LogP) is 4.90. The molecule has 0 aliphatic carbocycles. The van der Waals surface area contributed by atoms with E-state index in [4.69, 9.17) is 11.6 Å². The van der Waals surface area contributed by atoms with Gasteiger partial charge in [0.25, 0.3) is 0 Å². The summed E-state index contributed by atoms with van der Waals surface area (Å²) in [5.74, 6) is -0.773. The van der Waals surface area contributed by atoms with Gasteiger partial charge in [0, 0.05) is 17.9 Å². The van der Waals surface area contributed by atoms with E-state index in [0.717, 1.165) is 15.3 Å². The smallest absolute Gasteiger partial charge is 0.146 e. The Balaban J connectivity index is 2.43. The molecule has 6 heteroatoms. The average Bonchev–Trinajstić information content (AvgIpc) is 2.30. The number of rotatable bonds is 2. The van der Waals surface area contributed by atoms with Crippen LogP contribution in [0.2, 0.25) is 5.15 Å². The first-order chi connectivity index (χ1) is 9.66. The zero-order valence-electron chi connectivity index (χ0n) is 11.8. The summed E-state index contributed by atoms with van der Waals surface area (Å²) < 4.78 is 27.3. The second-order valence-electron chi connectivity index (χ2n) is 5.80. The van der Waals surface area contributed by atoms with Crippen molar-refractivity contribution in [1.82, 2.24) is 9.97 Å². The summed E-state index contributed by atoms with van der Waals surface area (Å²) in [5.41, 5.74) is 1.12. The molecule has 0 bridgehead atoms. The lowest BCUT2D eigenvalue weighted by atomic mass is 9.92. The second-order valence-corrected chi connectivity index (χ2v) is 7.23. The number of hydrogen-bond acceptors (Lipinski definition) is 2. The molecule has 0 saturated carbocycles. The summed E-state index contributed by atoms with van der Waals surface area (Å²) in [5, 5.41) is 0.363. The van der Waals surface area contributed by atoms with E-state index in [-0.39, 0.29) is 11.8 Å². The third-order valence-corrected chi connectivity index (χ3v) is 4.47. The third-order valence-electron chi connectivity index (χ3n) is 2.85. The fourth-order valence-corrected chi connectivity index (χ4v) is 3.17. The maximum absolute atomic E-state index is 13.2. The van der Waals surface area contributed by atoms with Gasteiger partial charge in [0.05, 0.1) is 9.26 Å². The molecule has 2 rings (SSSR count). The topological polar surface area (TPSA) is 25.8 Å². The molecule has 0 unspecified atom stereocenters. The molecule has 1 heterocycles. The first-order valence-corrected chi connectivity index (χ1v) is 7.80. The maximum atomic E-state index is 13.2. The summed E-state index contributed by atoms with van der Waals surface area (Å²) >= 11 is 8.26. The van der Waals surface area contributed by atoms with Crippen LogP contribution in [0.4, 0.5) is 8.78 Å². The van der Waals surface area contributed by atoms with Crippen LogP contribution in [0.25, 0.3) is 0 Å². The minimum Gasteiger partial charge on any atom is -0.236 e. The molecule has 0 radical (unpaired) electrons. The Labute approximate surface area is 141 Å². The van der Waals surface area contributed by atoms with Gasteiger partial charge in [-0.05, 0) is 40.3 Å². The molecule has 0 saturated heterocycles. The third kappa shape index (κ3) is 4.10. The Morgan fingerprint density at radius 1 is 1.10 bits per heavy atom. The number of nitrogens with zero attached hydrogens (tertiary/aromatic N) is 2. The second kappa shape index (κ2) is 6.12. The molecule has 0 atom stereocenters. The van der Waals surface area contributed by atoms with Gasteiger partial charge in [0.2, 0.25) is 0 Å². The average molecular weight is 423 g/mol. The van der Waals surface area contributed by atoms with E-state index in [2.05, 4.69) is 32.6 Å². The van der Waals surface area contributed by atoms with Crippen LogP contribution in [-0.4, -0.2) is 9.97 Å². The van der Waals surface area contributed by atoms with Crippen LogP contribution in [0.1, 0.15) is 37.9 Å². The van der Waals surface area contributed by atoms with Gasteiger partial charge >= 0.3 is 0 Å². The van der Waals surface area contributed by atoms with Crippen molar-refractivity contribution in [3.8, 4) is 0 Å². The van der Waals surface area contributed by atoms with Gasteiger partial charge in [0.1, 0.15) is 22.6 Å². The Morgan fingerprint density at radius 2 is 1.67 bits per heavy atom. The fourth-order valence-electron chi connectivity index (χ4n) is 1.93. The predicted molar refractivity (Wildman–Crippen MR) is 87.6 cm³/mol. The summed E-state index contributed by atoms with van der Waals surface area (Å²) in [6.45, 7) is 6.08. The van der Waals surface area contributed by atoms with Crippen LogP contribution in [0.3, 0.4) is 0 Å². The van der Waals surface area contributed by atoms with Gasteiger partial charge in [-0.15, -0.1) is 0 Å². The Bertz CT molecular complexity index is 664. The molecule has 1 aromatic carbocycles. The van der Waals surface area contributed by atoms with E-state index in [1.807, 2.05) is 20.8 Å². The quantitative estimate of drug-likeness (QED) is 0.508. The molecule has 0 N–H and O–H groups in total. The van der Waals surface area contributed by atoms with Gasteiger partial charge in [-0.3, -0.25) is 0 Å². The largest absolute Gasteiger partial charge is 0.236 e. The standard InChI is InChI=1S/C15H14ClF2IN2/c1-15(2,3)13-12(19)14(16)21-11(20-13)6-8-4-9(17)7-10(18)5-8/h4-5,7H,6H2,1-3H3. The number of aromatic nitrogens is 2. The van der Waals surface area contributed by atoms with E-state index in [1.165, 1.54) is 12.1 Å². The van der Waals surface area contributed by atoms with Crippen molar-refractivity contribution in [3.05, 3.63) is 55.6 Å². The van der Waals surface area contributed by atoms with Crippen molar-refractivity contribution >= 4 is 34.2 Å². The first kappa shape index (κ1) is 16.5. The first-order valence-electron chi connectivity index (χ1n) is 6.34. The minimum absolute atomic E-state index is 0.189. The molecule has 0 spiro atoms. The lowest BCUT2D eigenvalue weighted by Gasteiger charge is -2.20.